The molecular formula is C14H20BrNO2. The Labute approximate surface area is 117 Å². The molecule has 1 rings (SSSR count). The molecule has 0 aliphatic carbocycles. The smallest absolute Gasteiger partial charge is 0.289 e. The number of hydrogen-bond donors (Lipinski definition) is 0. The van der Waals surface area contributed by atoms with Gasteiger partial charge in [-0.3, -0.25) is 4.79 Å². The predicted molar refractivity (Wildman–Crippen MR) is 77.7 cm³/mol. The maximum atomic E-state index is 11.1. The van der Waals surface area contributed by atoms with Crippen molar-refractivity contribution in [1.82, 2.24) is 4.90 Å². The molecule has 3 nitrogen and oxygen atoms in total. The minimum absolute atomic E-state index is 0.0832. The van der Waals surface area contributed by atoms with Gasteiger partial charge in [0.1, 0.15) is 5.75 Å². The van der Waals surface area contributed by atoms with E-state index in [-0.39, 0.29) is 4.82 Å². The molecule has 1 amide bonds. The fourth-order valence-corrected chi connectivity index (χ4v) is 1.95. The highest BCUT2D eigenvalue weighted by Crippen LogP contribution is 2.27. The van der Waals surface area contributed by atoms with Gasteiger partial charge >= 0.3 is 0 Å². The Morgan fingerprint density at radius 3 is 2.61 bits per heavy atom. The van der Waals surface area contributed by atoms with E-state index in [1.165, 1.54) is 11.1 Å². The Bertz CT molecular complexity index is 418. The van der Waals surface area contributed by atoms with Crippen molar-refractivity contribution >= 4 is 20.7 Å². The van der Waals surface area contributed by atoms with Crippen LogP contribution in [0.15, 0.2) is 18.2 Å². The van der Waals surface area contributed by atoms with Crippen molar-refractivity contribution < 1.29 is 9.53 Å². The number of halogens is 1. The number of methoxy groups -OCH3 is 1. The maximum Gasteiger partial charge on any atom is 0.289 e. The third-order valence-corrected chi connectivity index (χ3v) is 3.56. The number of carbonyl (C=O) groups is 1. The first-order valence-electron chi connectivity index (χ1n) is 6.03. The molecule has 0 fully saturated rings. The van der Waals surface area contributed by atoms with Crippen LogP contribution in [0.4, 0.5) is 4.79 Å². The van der Waals surface area contributed by atoms with Crippen LogP contribution in [-0.2, 0) is 6.42 Å². The van der Waals surface area contributed by atoms with Crippen molar-refractivity contribution in [3.05, 3.63) is 29.3 Å². The van der Waals surface area contributed by atoms with Gasteiger partial charge in [0.2, 0.25) is 0 Å². The minimum Gasteiger partial charge on any atom is -0.496 e. The van der Waals surface area contributed by atoms with Gasteiger partial charge in [-0.25, -0.2) is 0 Å². The van der Waals surface area contributed by atoms with Gasteiger partial charge in [-0.05, 0) is 29.5 Å². The fraction of sp³-hybridized carbons (Fsp3) is 0.500. The van der Waals surface area contributed by atoms with Crippen molar-refractivity contribution in [2.75, 3.05) is 20.7 Å². The van der Waals surface area contributed by atoms with Gasteiger partial charge < -0.3 is 9.64 Å². The average molecular weight is 314 g/mol. The minimum atomic E-state index is -0.0832. The van der Waals surface area contributed by atoms with Gasteiger partial charge in [-0.1, -0.05) is 26.0 Å². The van der Waals surface area contributed by atoms with Crippen LogP contribution in [0.1, 0.15) is 30.9 Å². The highest BCUT2D eigenvalue weighted by molar-refractivity contribution is 9.18. The largest absolute Gasteiger partial charge is 0.496 e. The van der Waals surface area contributed by atoms with Crippen LogP contribution in [0, 0.1) is 0 Å². The molecule has 1 aromatic rings. The molecule has 1 aromatic carbocycles. The van der Waals surface area contributed by atoms with Crippen LogP contribution in [0.3, 0.4) is 0 Å². The fourth-order valence-electron chi connectivity index (χ4n) is 1.78. The molecule has 0 unspecified atom stereocenters. The molecule has 18 heavy (non-hydrogen) atoms. The molecule has 0 N–H and O–H groups in total. The molecule has 0 radical (unpaired) electrons. The van der Waals surface area contributed by atoms with E-state index in [9.17, 15) is 4.79 Å². The van der Waals surface area contributed by atoms with E-state index in [4.69, 9.17) is 4.74 Å². The molecule has 0 bridgehead atoms. The summed E-state index contributed by atoms with van der Waals surface area (Å²) >= 11 is 2.94. The van der Waals surface area contributed by atoms with Crippen LogP contribution in [0.5, 0.6) is 5.75 Å². The number of likely N-dealkylation sites (N-methyl/N-ethyl adjacent to an activating group) is 1. The van der Waals surface area contributed by atoms with Gasteiger partial charge in [0.05, 0.1) is 7.11 Å². The Balaban J connectivity index is 2.79. The zero-order valence-electron chi connectivity index (χ0n) is 11.4. The highest BCUT2D eigenvalue weighted by Gasteiger charge is 2.09. The first kappa shape index (κ1) is 15.0. The Hall–Kier alpha value is -1.03. The van der Waals surface area contributed by atoms with Gasteiger partial charge in [-0.15, -0.1) is 0 Å². The second-order valence-electron chi connectivity index (χ2n) is 4.66. The standard InChI is InChI=1S/C14H20BrNO2/c1-10(2)12-9-11(5-6-13(12)18-4)7-8-16(3)14(15)17/h5-6,9-10H,7-8H2,1-4H3. The van der Waals surface area contributed by atoms with E-state index in [0.717, 1.165) is 12.2 Å². The molecule has 0 aromatic heterocycles. The van der Waals surface area contributed by atoms with Crippen molar-refractivity contribution in [1.29, 1.82) is 0 Å². The average Bonchev–Trinajstić information content (AvgIpc) is 2.35. The molecule has 0 atom stereocenters. The predicted octanol–water partition coefficient (Wildman–Crippen LogP) is 3.81. The normalized spacial score (nSPS) is 10.6. The summed E-state index contributed by atoms with van der Waals surface area (Å²) in [6.45, 7) is 5.00. The summed E-state index contributed by atoms with van der Waals surface area (Å²) in [6.07, 6.45) is 0.845. The number of carbonyl (C=O) groups excluding carboxylic acids is 1. The lowest BCUT2D eigenvalue weighted by molar-refractivity contribution is 0.235. The van der Waals surface area contributed by atoms with Crippen LogP contribution >= 0.6 is 15.9 Å². The molecule has 100 valence electrons. The summed E-state index contributed by atoms with van der Waals surface area (Å²) < 4.78 is 5.35. The van der Waals surface area contributed by atoms with Crippen molar-refractivity contribution in [3.63, 3.8) is 0 Å². The second kappa shape index (κ2) is 6.78. The van der Waals surface area contributed by atoms with E-state index in [1.54, 1.807) is 19.1 Å². The highest BCUT2D eigenvalue weighted by atomic mass is 79.9. The summed E-state index contributed by atoms with van der Waals surface area (Å²) in [5.41, 5.74) is 2.43. The van der Waals surface area contributed by atoms with Crippen molar-refractivity contribution in [3.8, 4) is 5.75 Å². The lowest BCUT2D eigenvalue weighted by atomic mass is 9.98. The molecular weight excluding hydrogens is 294 g/mol. The van der Waals surface area contributed by atoms with E-state index in [1.807, 2.05) is 6.07 Å². The van der Waals surface area contributed by atoms with E-state index in [2.05, 4.69) is 41.9 Å². The van der Waals surface area contributed by atoms with Crippen LogP contribution in [-0.4, -0.2) is 30.4 Å². The Kier molecular flexibility index (Phi) is 5.66. The first-order chi connectivity index (χ1) is 8.45. The monoisotopic (exact) mass is 313 g/mol. The van der Waals surface area contributed by atoms with E-state index >= 15 is 0 Å². The van der Waals surface area contributed by atoms with Crippen molar-refractivity contribution in [2.45, 2.75) is 26.2 Å². The zero-order valence-corrected chi connectivity index (χ0v) is 13.0. The summed E-state index contributed by atoms with van der Waals surface area (Å²) in [5, 5.41) is 0. The van der Waals surface area contributed by atoms with Gasteiger partial charge in [0.15, 0.2) is 0 Å². The summed E-state index contributed by atoms with van der Waals surface area (Å²) in [4.78, 5) is 12.6. The SMILES string of the molecule is COc1ccc(CCN(C)C(=O)Br)cc1C(C)C. The number of rotatable bonds is 5. The number of hydrogen-bond acceptors (Lipinski definition) is 2. The third kappa shape index (κ3) is 4.02. The lowest BCUT2D eigenvalue weighted by Crippen LogP contribution is -2.23. The van der Waals surface area contributed by atoms with Crippen molar-refractivity contribution in [2.24, 2.45) is 0 Å². The van der Waals surface area contributed by atoms with E-state index < -0.39 is 0 Å². The molecule has 4 heteroatoms. The van der Waals surface area contributed by atoms with Gasteiger partial charge in [-0.2, -0.15) is 0 Å². The number of benzene rings is 1. The summed E-state index contributed by atoms with van der Waals surface area (Å²) in [7, 11) is 3.47. The Morgan fingerprint density at radius 1 is 1.44 bits per heavy atom. The maximum absolute atomic E-state index is 11.1. The number of amides is 1. The summed E-state index contributed by atoms with van der Waals surface area (Å²) in [5.74, 6) is 1.36. The quantitative estimate of drug-likeness (QED) is 0.611. The molecule has 0 saturated carbocycles. The third-order valence-electron chi connectivity index (χ3n) is 2.95. The van der Waals surface area contributed by atoms with Gasteiger partial charge in [0.25, 0.3) is 4.82 Å². The van der Waals surface area contributed by atoms with Crippen LogP contribution in [0.2, 0.25) is 0 Å². The molecule has 0 aliphatic heterocycles. The second-order valence-corrected chi connectivity index (χ2v) is 5.33. The van der Waals surface area contributed by atoms with Crippen LogP contribution < -0.4 is 4.74 Å². The molecule has 0 aliphatic rings. The van der Waals surface area contributed by atoms with Gasteiger partial charge in [0, 0.05) is 29.5 Å². The number of ether oxygens (including phenoxy) is 1. The Morgan fingerprint density at radius 2 is 2.11 bits per heavy atom. The lowest BCUT2D eigenvalue weighted by Gasteiger charge is -2.16. The van der Waals surface area contributed by atoms with Crippen LogP contribution in [0.25, 0.3) is 0 Å². The summed E-state index contributed by atoms with van der Waals surface area (Å²) in [6, 6.07) is 6.22. The molecule has 0 spiro atoms. The zero-order chi connectivity index (χ0) is 13.7. The number of nitrogens with zero attached hydrogens (tertiary/aromatic N) is 1. The molecule has 0 saturated heterocycles. The first-order valence-corrected chi connectivity index (χ1v) is 6.82. The topological polar surface area (TPSA) is 29.5 Å². The molecule has 0 heterocycles. The van der Waals surface area contributed by atoms with E-state index in [0.29, 0.717) is 12.5 Å².